The van der Waals surface area contributed by atoms with E-state index >= 15 is 0 Å². The van der Waals surface area contributed by atoms with Crippen molar-refractivity contribution >= 4 is 40.3 Å². The second kappa shape index (κ2) is 7.96. The molecule has 0 atom stereocenters. The van der Waals surface area contributed by atoms with Crippen molar-refractivity contribution < 1.29 is 14.8 Å². The Balaban J connectivity index is 1.42. The van der Waals surface area contributed by atoms with Gasteiger partial charge in [-0.25, -0.2) is 0 Å². The molecule has 8 nitrogen and oxygen atoms in total. The molecule has 2 heterocycles. The maximum absolute atomic E-state index is 12.3. The fourth-order valence-electron chi connectivity index (χ4n) is 3.28. The highest BCUT2D eigenvalue weighted by molar-refractivity contribution is 8.18. The minimum Gasteiger partial charge on any atom is -0.508 e. The smallest absolute Gasteiger partial charge is 0.292 e. The number of benzene rings is 2. The lowest BCUT2D eigenvalue weighted by molar-refractivity contribution is -0.384. The van der Waals surface area contributed by atoms with E-state index in [1.54, 1.807) is 48.5 Å². The van der Waals surface area contributed by atoms with Gasteiger partial charge in [0.05, 0.1) is 9.83 Å². The number of phenols is 1. The zero-order chi connectivity index (χ0) is 20.4. The molecule has 4 rings (SSSR count). The average molecular weight is 410 g/mol. The Bertz CT molecular complexity index is 1010. The first-order valence-electron chi connectivity index (χ1n) is 9.06. The monoisotopic (exact) mass is 410 g/mol. The van der Waals surface area contributed by atoms with Gasteiger partial charge < -0.3 is 14.9 Å². The van der Waals surface area contributed by atoms with Crippen molar-refractivity contribution in [1.29, 1.82) is 0 Å². The number of piperazine rings is 1. The van der Waals surface area contributed by atoms with E-state index in [2.05, 4.69) is 4.99 Å². The topological polar surface area (TPSA) is 99.3 Å². The molecule has 0 aliphatic carbocycles. The third kappa shape index (κ3) is 4.09. The van der Waals surface area contributed by atoms with E-state index in [9.17, 15) is 20.0 Å². The number of hydrogen-bond donors (Lipinski definition) is 1. The summed E-state index contributed by atoms with van der Waals surface area (Å²) in [6.07, 6.45) is 1.76. The maximum atomic E-state index is 12.3. The van der Waals surface area contributed by atoms with Crippen LogP contribution in [0.2, 0.25) is 0 Å². The van der Waals surface area contributed by atoms with Gasteiger partial charge in [-0.05, 0) is 41.6 Å². The van der Waals surface area contributed by atoms with Gasteiger partial charge in [0.1, 0.15) is 11.4 Å². The lowest BCUT2D eigenvalue weighted by atomic mass is 10.2. The zero-order valence-corrected chi connectivity index (χ0v) is 16.2. The van der Waals surface area contributed by atoms with Crippen LogP contribution in [0, 0.1) is 10.1 Å². The number of nitrogens with zero attached hydrogens (tertiary/aromatic N) is 4. The molecule has 2 aromatic carbocycles. The van der Waals surface area contributed by atoms with E-state index in [1.165, 1.54) is 17.8 Å². The predicted molar refractivity (Wildman–Crippen MR) is 113 cm³/mol. The number of hydrogen-bond acceptors (Lipinski definition) is 7. The quantitative estimate of drug-likeness (QED) is 0.471. The molecular weight excluding hydrogens is 392 g/mol. The summed E-state index contributed by atoms with van der Waals surface area (Å²) in [4.78, 5) is 31.9. The molecular formula is C20H18N4O4S. The Kier molecular flexibility index (Phi) is 5.22. The number of rotatable bonds is 3. The Labute approximate surface area is 171 Å². The number of carbonyl (C=O) groups is 1. The van der Waals surface area contributed by atoms with Crippen molar-refractivity contribution in [2.75, 3.05) is 31.1 Å². The van der Waals surface area contributed by atoms with Crippen LogP contribution >= 0.6 is 11.8 Å². The molecule has 0 bridgehead atoms. The number of para-hydroxylation sites is 2. The minimum atomic E-state index is -0.363. The highest BCUT2D eigenvalue weighted by Crippen LogP contribution is 2.32. The third-order valence-corrected chi connectivity index (χ3v) is 5.81. The largest absolute Gasteiger partial charge is 0.508 e. The van der Waals surface area contributed by atoms with Crippen LogP contribution < -0.4 is 4.90 Å². The molecule has 29 heavy (non-hydrogen) atoms. The van der Waals surface area contributed by atoms with E-state index in [1.807, 2.05) is 9.80 Å². The SMILES string of the molecule is O=C1N=C(N2CCN(c3ccccc3[N+](=O)[O-])CC2)S/C1=C/c1ccc(O)cc1. The Morgan fingerprint density at radius 3 is 2.38 bits per heavy atom. The van der Waals surface area contributed by atoms with Crippen molar-refractivity contribution in [2.24, 2.45) is 4.99 Å². The average Bonchev–Trinajstić information content (AvgIpc) is 3.10. The van der Waals surface area contributed by atoms with Gasteiger partial charge in [-0.3, -0.25) is 14.9 Å². The van der Waals surface area contributed by atoms with Gasteiger partial charge in [0.15, 0.2) is 5.17 Å². The Hall–Kier alpha value is -3.33. The summed E-state index contributed by atoms with van der Waals surface area (Å²) < 4.78 is 0. The van der Waals surface area contributed by atoms with Crippen molar-refractivity contribution in [3.63, 3.8) is 0 Å². The summed E-state index contributed by atoms with van der Waals surface area (Å²) in [5, 5.41) is 21.3. The predicted octanol–water partition coefficient (Wildman–Crippen LogP) is 3.09. The maximum Gasteiger partial charge on any atom is 0.292 e. The number of nitro benzene ring substituents is 1. The van der Waals surface area contributed by atoms with Crippen LogP contribution in [0.1, 0.15) is 5.56 Å². The number of thioether (sulfide) groups is 1. The first-order chi connectivity index (χ1) is 14.0. The second-order valence-electron chi connectivity index (χ2n) is 6.62. The highest BCUT2D eigenvalue weighted by Gasteiger charge is 2.30. The number of anilines is 1. The third-order valence-electron chi connectivity index (χ3n) is 4.77. The molecule has 1 N–H and O–H groups in total. The normalized spacial score (nSPS) is 18.3. The van der Waals surface area contributed by atoms with E-state index in [0.717, 1.165) is 5.56 Å². The zero-order valence-electron chi connectivity index (χ0n) is 15.4. The van der Waals surface area contributed by atoms with E-state index in [0.29, 0.717) is 41.9 Å². The van der Waals surface area contributed by atoms with Gasteiger partial charge in [0, 0.05) is 32.2 Å². The standard InChI is InChI=1S/C20H18N4O4S/c25-15-7-5-14(6-8-15)13-18-19(26)21-20(29-18)23-11-9-22(10-12-23)16-3-1-2-4-17(16)24(27)28/h1-8,13,25H,9-12H2/b18-13+. The lowest BCUT2D eigenvalue weighted by Crippen LogP contribution is -2.48. The first kappa shape index (κ1) is 19.0. The van der Waals surface area contributed by atoms with Gasteiger partial charge in [0.25, 0.3) is 11.6 Å². The van der Waals surface area contributed by atoms with Crippen molar-refractivity contribution in [2.45, 2.75) is 0 Å². The van der Waals surface area contributed by atoms with Crippen LogP contribution in [0.25, 0.3) is 6.08 Å². The fourth-order valence-corrected chi connectivity index (χ4v) is 4.24. The molecule has 1 amide bonds. The summed E-state index contributed by atoms with van der Waals surface area (Å²) in [6.45, 7) is 2.46. The number of amidine groups is 1. The van der Waals surface area contributed by atoms with Crippen LogP contribution in [0.4, 0.5) is 11.4 Å². The number of carbonyl (C=O) groups excluding carboxylic acids is 1. The summed E-state index contributed by atoms with van der Waals surface area (Å²) >= 11 is 1.33. The molecule has 0 unspecified atom stereocenters. The second-order valence-corrected chi connectivity index (χ2v) is 7.63. The fraction of sp³-hybridized carbons (Fsp3) is 0.200. The molecule has 0 radical (unpaired) electrons. The molecule has 1 saturated heterocycles. The van der Waals surface area contributed by atoms with Gasteiger partial charge in [0.2, 0.25) is 0 Å². The van der Waals surface area contributed by atoms with Crippen LogP contribution in [-0.2, 0) is 4.79 Å². The summed E-state index contributed by atoms with van der Waals surface area (Å²) in [5.74, 6) is -0.106. The molecule has 1 fully saturated rings. The van der Waals surface area contributed by atoms with E-state index < -0.39 is 0 Å². The molecule has 2 aliphatic rings. The number of aromatic hydroxyl groups is 1. The summed E-state index contributed by atoms with van der Waals surface area (Å²) in [6, 6.07) is 13.3. The molecule has 0 saturated carbocycles. The lowest BCUT2D eigenvalue weighted by Gasteiger charge is -2.36. The molecule has 148 valence electrons. The van der Waals surface area contributed by atoms with Crippen molar-refractivity contribution in [3.05, 3.63) is 69.1 Å². The van der Waals surface area contributed by atoms with Crippen LogP contribution in [0.5, 0.6) is 5.75 Å². The van der Waals surface area contributed by atoms with Crippen LogP contribution in [0.15, 0.2) is 58.4 Å². The summed E-state index contributed by atoms with van der Waals surface area (Å²) in [7, 11) is 0. The van der Waals surface area contributed by atoms with Crippen LogP contribution in [-0.4, -0.2) is 52.2 Å². The van der Waals surface area contributed by atoms with Crippen molar-refractivity contribution in [3.8, 4) is 5.75 Å². The van der Waals surface area contributed by atoms with Crippen LogP contribution in [0.3, 0.4) is 0 Å². The van der Waals surface area contributed by atoms with E-state index in [4.69, 9.17) is 0 Å². The molecule has 2 aliphatic heterocycles. The van der Waals surface area contributed by atoms with Gasteiger partial charge in [-0.1, -0.05) is 24.3 Å². The molecule has 2 aromatic rings. The van der Waals surface area contributed by atoms with Gasteiger partial charge in [-0.2, -0.15) is 4.99 Å². The molecule has 9 heteroatoms. The number of nitro groups is 1. The Morgan fingerprint density at radius 2 is 1.69 bits per heavy atom. The minimum absolute atomic E-state index is 0.0998. The number of phenolic OH excluding ortho intramolecular Hbond substituents is 1. The number of aliphatic imine (C=N–C) groups is 1. The van der Waals surface area contributed by atoms with Gasteiger partial charge >= 0.3 is 0 Å². The molecule has 0 aromatic heterocycles. The number of amides is 1. The first-order valence-corrected chi connectivity index (χ1v) is 9.88. The highest BCUT2D eigenvalue weighted by atomic mass is 32.2. The Morgan fingerprint density at radius 1 is 1.03 bits per heavy atom. The van der Waals surface area contributed by atoms with Gasteiger partial charge in [-0.15, -0.1) is 0 Å². The van der Waals surface area contributed by atoms with Crippen molar-refractivity contribution in [1.82, 2.24) is 4.90 Å². The summed E-state index contributed by atoms with van der Waals surface area (Å²) in [5.41, 5.74) is 1.53. The molecule has 0 spiro atoms. The van der Waals surface area contributed by atoms with E-state index in [-0.39, 0.29) is 22.3 Å².